The number of rotatable bonds is 1. The van der Waals surface area contributed by atoms with Crippen LogP contribution in [0.5, 0.6) is 0 Å². The number of nitrogen functional groups attached to an aromatic ring is 1. The summed E-state index contributed by atoms with van der Waals surface area (Å²) in [6.07, 6.45) is 3.44. The SMILES string of the molecule is Nc1cccc2nnc(-c3ccncc3)n12. The van der Waals surface area contributed by atoms with E-state index in [0.717, 1.165) is 17.0 Å². The van der Waals surface area contributed by atoms with Gasteiger partial charge < -0.3 is 5.73 Å². The van der Waals surface area contributed by atoms with Crippen LogP contribution in [0.25, 0.3) is 17.0 Å². The summed E-state index contributed by atoms with van der Waals surface area (Å²) < 4.78 is 1.81. The quantitative estimate of drug-likeness (QED) is 0.660. The molecule has 0 spiro atoms. The number of nitrogens with two attached hydrogens (primary N) is 1. The van der Waals surface area contributed by atoms with Gasteiger partial charge in [0, 0.05) is 18.0 Å². The summed E-state index contributed by atoms with van der Waals surface area (Å²) in [5, 5.41) is 8.20. The lowest BCUT2D eigenvalue weighted by molar-refractivity contribution is 1.11. The second-order valence-electron chi connectivity index (χ2n) is 3.40. The van der Waals surface area contributed by atoms with E-state index in [1.165, 1.54) is 0 Å². The van der Waals surface area contributed by atoms with Gasteiger partial charge in [0.2, 0.25) is 0 Å². The maximum absolute atomic E-state index is 5.91. The van der Waals surface area contributed by atoms with E-state index >= 15 is 0 Å². The van der Waals surface area contributed by atoms with Crippen molar-refractivity contribution in [3.63, 3.8) is 0 Å². The Morgan fingerprint density at radius 3 is 2.62 bits per heavy atom. The minimum absolute atomic E-state index is 0.620. The standard InChI is InChI=1S/C11H9N5/c12-9-2-1-3-10-14-15-11(16(9)10)8-4-6-13-7-5-8/h1-7H,12H2. The first-order chi connectivity index (χ1) is 7.86. The van der Waals surface area contributed by atoms with Crippen molar-refractivity contribution in [2.45, 2.75) is 0 Å². The average Bonchev–Trinajstić information content (AvgIpc) is 2.75. The lowest BCUT2D eigenvalue weighted by Crippen LogP contribution is -1.98. The normalized spacial score (nSPS) is 10.8. The lowest BCUT2D eigenvalue weighted by Gasteiger charge is -2.02. The van der Waals surface area contributed by atoms with Crippen LogP contribution in [0.2, 0.25) is 0 Å². The van der Waals surface area contributed by atoms with E-state index < -0.39 is 0 Å². The highest BCUT2D eigenvalue weighted by Crippen LogP contribution is 2.19. The van der Waals surface area contributed by atoms with Crippen LogP contribution in [0.15, 0.2) is 42.7 Å². The molecule has 0 aliphatic rings. The Morgan fingerprint density at radius 1 is 1.00 bits per heavy atom. The van der Waals surface area contributed by atoms with Gasteiger partial charge in [0.25, 0.3) is 0 Å². The molecule has 0 aliphatic heterocycles. The topological polar surface area (TPSA) is 69.1 Å². The molecule has 5 heteroatoms. The molecule has 16 heavy (non-hydrogen) atoms. The van der Waals surface area contributed by atoms with Crippen LogP contribution < -0.4 is 5.73 Å². The number of hydrogen-bond acceptors (Lipinski definition) is 4. The summed E-state index contributed by atoms with van der Waals surface area (Å²) in [7, 11) is 0. The molecular weight excluding hydrogens is 202 g/mol. The Balaban J connectivity index is 2.33. The summed E-state index contributed by atoms with van der Waals surface area (Å²) in [4.78, 5) is 3.97. The third-order valence-corrected chi connectivity index (χ3v) is 2.40. The number of fused-ring (bicyclic) bond motifs is 1. The van der Waals surface area contributed by atoms with E-state index in [2.05, 4.69) is 15.2 Å². The van der Waals surface area contributed by atoms with Crippen LogP contribution in [-0.4, -0.2) is 19.6 Å². The van der Waals surface area contributed by atoms with Crippen LogP contribution in [0.4, 0.5) is 5.82 Å². The van der Waals surface area contributed by atoms with Crippen LogP contribution in [0.3, 0.4) is 0 Å². The summed E-state index contributed by atoms with van der Waals surface area (Å²) >= 11 is 0. The second kappa shape index (κ2) is 3.30. The monoisotopic (exact) mass is 211 g/mol. The summed E-state index contributed by atoms with van der Waals surface area (Å²) in [6, 6.07) is 9.30. The van der Waals surface area contributed by atoms with Crippen molar-refractivity contribution in [1.82, 2.24) is 19.6 Å². The van der Waals surface area contributed by atoms with Crippen molar-refractivity contribution in [3.05, 3.63) is 42.7 Å². The van der Waals surface area contributed by atoms with Gasteiger partial charge in [-0.15, -0.1) is 10.2 Å². The van der Waals surface area contributed by atoms with Gasteiger partial charge in [-0.05, 0) is 24.3 Å². The highest BCUT2D eigenvalue weighted by Gasteiger charge is 2.08. The van der Waals surface area contributed by atoms with Gasteiger partial charge in [-0.3, -0.25) is 9.38 Å². The van der Waals surface area contributed by atoms with Crippen molar-refractivity contribution >= 4 is 11.5 Å². The maximum atomic E-state index is 5.91. The molecule has 78 valence electrons. The number of aromatic nitrogens is 4. The van der Waals surface area contributed by atoms with Crippen LogP contribution in [-0.2, 0) is 0 Å². The highest BCUT2D eigenvalue weighted by molar-refractivity contribution is 5.62. The highest BCUT2D eigenvalue weighted by atomic mass is 15.3. The molecule has 0 saturated carbocycles. The minimum Gasteiger partial charge on any atom is -0.385 e. The molecule has 0 atom stereocenters. The lowest BCUT2D eigenvalue weighted by atomic mass is 10.2. The van der Waals surface area contributed by atoms with Crippen LogP contribution in [0, 0.1) is 0 Å². The molecule has 2 N–H and O–H groups in total. The Hall–Kier alpha value is -2.43. The Morgan fingerprint density at radius 2 is 1.81 bits per heavy atom. The van der Waals surface area contributed by atoms with Gasteiger partial charge in [-0.2, -0.15) is 0 Å². The molecule has 3 heterocycles. The smallest absolute Gasteiger partial charge is 0.170 e. The van der Waals surface area contributed by atoms with Crippen molar-refractivity contribution in [3.8, 4) is 11.4 Å². The van der Waals surface area contributed by atoms with Crippen molar-refractivity contribution in [1.29, 1.82) is 0 Å². The zero-order chi connectivity index (χ0) is 11.0. The number of anilines is 1. The molecule has 3 aromatic heterocycles. The Kier molecular flexibility index (Phi) is 1.83. The molecule has 0 aliphatic carbocycles. The second-order valence-corrected chi connectivity index (χ2v) is 3.40. The minimum atomic E-state index is 0.620. The Labute approximate surface area is 91.6 Å². The first kappa shape index (κ1) is 8.84. The van der Waals surface area contributed by atoms with E-state index in [1.54, 1.807) is 12.4 Å². The predicted octanol–water partition coefficient (Wildman–Crippen LogP) is 1.37. The van der Waals surface area contributed by atoms with Crippen LogP contribution >= 0.6 is 0 Å². The molecule has 0 aromatic carbocycles. The summed E-state index contributed by atoms with van der Waals surface area (Å²) in [5.41, 5.74) is 7.59. The number of pyridine rings is 2. The molecule has 3 rings (SSSR count). The largest absolute Gasteiger partial charge is 0.385 e. The molecule has 5 nitrogen and oxygen atoms in total. The molecule has 0 bridgehead atoms. The molecule has 0 unspecified atom stereocenters. The van der Waals surface area contributed by atoms with Crippen molar-refractivity contribution < 1.29 is 0 Å². The molecule has 0 fully saturated rings. The first-order valence-corrected chi connectivity index (χ1v) is 4.86. The molecule has 0 amide bonds. The summed E-state index contributed by atoms with van der Waals surface area (Å²) in [5.74, 6) is 1.35. The van der Waals surface area contributed by atoms with Crippen molar-refractivity contribution in [2.75, 3.05) is 5.73 Å². The fourth-order valence-corrected chi connectivity index (χ4v) is 1.65. The van der Waals surface area contributed by atoms with Gasteiger partial charge in [0.05, 0.1) is 0 Å². The fourth-order valence-electron chi connectivity index (χ4n) is 1.65. The molecule has 3 aromatic rings. The third kappa shape index (κ3) is 1.22. The zero-order valence-corrected chi connectivity index (χ0v) is 8.41. The number of hydrogen-bond donors (Lipinski definition) is 1. The van der Waals surface area contributed by atoms with Gasteiger partial charge in [-0.25, -0.2) is 0 Å². The fraction of sp³-hybridized carbons (Fsp3) is 0. The third-order valence-electron chi connectivity index (χ3n) is 2.40. The first-order valence-electron chi connectivity index (χ1n) is 4.86. The van der Waals surface area contributed by atoms with E-state index in [9.17, 15) is 0 Å². The maximum Gasteiger partial charge on any atom is 0.170 e. The number of nitrogens with zero attached hydrogens (tertiary/aromatic N) is 4. The van der Waals surface area contributed by atoms with E-state index in [-0.39, 0.29) is 0 Å². The predicted molar refractivity (Wildman–Crippen MR) is 60.6 cm³/mol. The van der Waals surface area contributed by atoms with Gasteiger partial charge in [-0.1, -0.05) is 6.07 Å². The average molecular weight is 211 g/mol. The van der Waals surface area contributed by atoms with Gasteiger partial charge in [0.15, 0.2) is 11.5 Å². The van der Waals surface area contributed by atoms with Gasteiger partial charge in [0.1, 0.15) is 5.82 Å². The van der Waals surface area contributed by atoms with Crippen molar-refractivity contribution in [2.24, 2.45) is 0 Å². The molecule has 0 saturated heterocycles. The zero-order valence-electron chi connectivity index (χ0n) is 8.41. The van der Waals surface area contributed by atoms with E-state index in [1.807, 2.05) is 34.7 Å². The molecule has 0 radical (unpaired) electrons. The van der Waals surface area contributed by atoms with E-state index in [0.29, 0.717) is 5.82 Å². The Bertz CT molecular complexity index is 629. The summed E-state index contributed by atoms with van der Waals surface area (Å²) in [6.45, 7) is 0. The van der Waals surface area contributed by atoms with Crippen LogP contribution in [0.1, 0.15) is 0 Å². The molecular formula is C11H9N5. The van der Waals surface area contributed by atoms with Gasteiger partial charge >= 0.3 is 0 Å². The van der Waals surface area contributed by atoms with E-state index in [4.69, 9.17) is 5.73 Å².